The van der Waals surface area contributed by atoms with E-state index in [0.29, 0.717) is 19.7 Å². The fraction of sp³-hybridized carbons (Fsp3) is 0.526. The van der Waals surface area contributed by atoms with Crippen LogP contribution in [0.1, 0.15) is 31.4 Å². The molecule has 0 spiro atoms. The van der Waals surface area contributed by atoms with Gasteiger partial charge in [-0.05, 0) is 24.0 Å². The lowest BCUT2D eigenvalue weighted by Gasteiger charge is -2.34. The van der Waals surface area contributed by atoms with Crippen molar-refractivity contribution in [1.82, 2.24) is 10.2 Å². The molecule has 1 heterocycles. The van der Waals surface area contributed by atoms with E-state index in [1.54, 1.807) is 0 Å². The quantitative estimate of drug-likeness (QED) is 0.791. The average molecular weight is 346 g/mol. The zero-order valence-corrected chi connectivity index (χ0v) is 15.1. The van der Waals surface area contributed by atoms with Gasteiger partial charge in [-0.3, -0.25) is 14.4 Å². The normalized spacial score (nSPS) is 17.4. The highest BCUT2D eigenvalue weighted by Gasteiger charge is 2.35. The number of piperazine rings is 1. The summed E-state index contributed by atoms with van der Waals surface area (Å²) in [6.45, 7) is 6.95. The van der Waals surface area contributed by atoms with Gasteiger partial charge in [-0.2, -0.15) is 0 Å². The number of hydrogen-bond donors (Lipinski definition) is 1. The topological polar surface area (TPSA) is 75.7 Å². The maximum absolute atomic E-state index is 12.7. The smallest absolute Gasteiger partial charge is 0.308 e. The predicted molar refractivity (Wildman–Crippen MR) is 93.8 cm³/mol. The monoisotopic (exact) mass is 346 g/mol. The summed E-state index contributed by atoms with van der Waals surface area (Å²) in [7, 11) is 0. The molecule has 25 heavy (non-hydrogen) atoms. The Hall–Kier alpha value is -2.37. The second kappa shape index (κ2) is 8.65. The molecule has 1 aliphatic rings. The molecule has 1 aromatic carbocycles. The molecule has 136 valence electrons. The van der Waals surface area contributed by atoms with Gasteiger partial charge in [0.1, 0.15) is 6.04 Å². The van der Waals surface area contributed by atoms with Crippen LogP contribution in [0.5, 0.6) is 0 Å². The minimum absolute atomic E-state index is 0.113. The van der Waals surface area contributed by atoms with E-state index in [2.05, 4.69) is 5.32 Å². The number of ether oxygens (including phenoxy) is 1. The van der Waals surface area contributed by atoms with Crippen LogP contribution in [0.25, 0.3) is 0 Å². The Balaban J connectivity index is 2.05. The third kappa shape index (κ3) is 5.31. The number of rotatable bonds is 6. The molecule has 2 amide bonds. The first kappa shape index (κ1) is 19.0. The summed E-state index contributed by atoms with van der Waals surface area (Å²) in [5.41, 5.74) is 1.96. The zero-order chi connectivity index (χ0) is 18.4. The van der Waals surface area contributed by atoms with Crippen molar-refractivity contribution >= 4 is 17.8 Å². The minimum Gasteiger partial charge on any atom is -0.465 e. The van der Waals surface area contributed by atoms with Crippen LogP contribution in [-0.4, -0.2) is 48.4 Å². The standard InChI is InChI=1S/C19H26N2O4/c1-13(2)12-25-18(23)11-16-19(24)20-8-9-21(16)17(22)10-15-7-5-4-6-14(15)3/h4-7,13,16H,8-12H2,1-3H3,(H,20,24). The van der Waals surface area contributed by atoms with Crippen molar-refractivity contribution in [2.24, 2.45) is 5.92 Å². The minimum atomic E-state index is -0.801. The molecule has 1 fully saturated rings. The fourth-order valence-electron chi connectivity index (χ4n) is 2.77. The number of benzene rings is 1. The number of amides is 2. The van der Waals surface area contributed by atoms with Crippen LogP contribution < -0.4 is 5.32 Å². The lowest BCUT2D eigenvalue weighted by Crippen LogP contribution is -2.58. The zero-order valence-electron chi connectivity index (χ0n) is 15.1. The maximum atomic E-state index is 12.7. The Morgan fingerprint density at radius 1 is 1.32 bits per heavy atom. The Morgan fingerprint density at radius 3 is 2.72 bits per heavy atom. The third-order valence-electron chi connectivity index (χ3n) is 4.19. The van der Waals surface area contributed by atoms with Gasteiger partial charge in [-0.25, -0.2) is 0 Å². The number of nitrogens with zero attached hydrogens (tertiary/aromatic N) is 1. The van der Waals surface area contributed by atoms with Gasteiger partial charge in [0, 0.05) is 13.1 Å². The van der Waals surface area contributed by atoms with E-state index in [-0.39, 0.29) is 30.6 Å². The molecule has 0 bridgehead atoms. The SMILES string of the molecule is Cc1ccccc1CC(=O)N1CCNC(=O)C1CC(=O)OCC(C)C. The van der Waals surface area contributed by atoms with E-state index >= 15 is 0 Å². The van der Waals surface area contributed by atoms with Crippen molar-refractivity contribution in [3.05, 3.63) is 35.4 Å². The number of carbonyl (C=O) groups is 3. The van der Waals surface area contributed by atoms with Crippen molar-refractivity contribution in [3.63, 3.8) is 0 Å². The molecule has 0 aliphatic carbocycles. The predicted octanol–water partition coefficient (Wildman–Crippen LogP) is 1.45. The largest absolute Gasteiger partial charge is 0.465 e. The molecule has 6 heteroatoms. The molecule has 0 aromatic heterocycles. The Morgan fingerprint density at radius 2 is 2.04 bits per heavy atom. The van der Waals surface area contributed by atoms with E-state index in [9.17, 15) is 14.4 Å². The van der Waals surface area contributed by atoms with E-state index < -0.39 is 12.0 Å². The Bertz CT molecular complexity index is 642. The average Bonchev–Trinajstić information content (AvgIpc) is 2.56. The van der Waals surface area contributed by atoms with Crippen LogP contribution >= 0.6 is 0 Å². The van der Waals surface area contributed by atoms with E-state index in [1.165, 1.54) is 4.90 Å². The molecular formula is C19H26N2O4. The first-order valence-electron chi connectivity index (χ1n) is 8.65. The molecule has 1 aromatic rings. The molecule has 0 saturated carbocycles. The van der Waals surface area contributed by atoms with Gasteiger partial charge in [0.25, 0.3) is 0 Å². The molecule has 1 atom stereocenters. The van der Waals surface area contributed by atoms with Crippen LogP contribution in [0.2, 0.25) is 0 Å². The molecule has 1 unspecified atom stereocenters. The van der Waals surface area contributed by atoms with Gasteiger partial charge in [0.2, 0.25) is 11.8 Å². The highest BCUT2D eigenvalue weighted by molar-refractivity contribution is 5.92. The van der Waals surface area contributed by atoms with Gasteiger partial charge < -0.3 is 15.0 Å². The Kier molecular flexibility index (Phi) is 6.56. The third-order valence-corrected chi connectivity index (χ3v) is 4.19. The van der Waals surface area contributed by atoms with Crippen molar-refractivity contribution in [3.8, 4) is 0 Å². The van der Waals surface area contributed by atoms with Crippen LogP contribution in [0.4, 0.5) is 0 Å². The molecule has 2 rings (SSSR count). The van der Waals surface area contributed by atoms with Gasteiger partial charge in [0.05, 0.1) is 19.4 Å². The lowest BCUT2D eigenvalue weighted by molar-refractivity contribution is -0.152. The number of nitrogens with one attached hydrogen (secondary N) is 1. The molecule has 6 nitrogen and oxygen atoms in total. The van der Waals surface area contributed by atoms with E-state index in [4.69, 9.17) is 4.74 Å². The first-order valence-corrected chi connectivity index (χ1v) is 8.65. The van der Waals surface area contributed by atoms with Crippen LogP contribution in [-0.2, 0) is 25.5 Å². The summed E-state index contributed by atoms with van der Waals surface area (Å²) in [5, 5.41) is 2.72. The molecule has 0 radical (unpaired) electrons. The van der Waals surface area contributed by atoms with Gasteiger partial charge >= 0.3 is 5.97 Å². The summed E-state index contributed by atoms with van der Waals surface area (Å²) in [6.07, 6.45) is 0.107. The van der Waals surface area contributed by atoms with Gasteiger partial charge in [0.15, 0.2) is 0 Å². The highest BCUT2D eigenvalue weighted by Crippen LogP contribution is 2.15. The molecule has 1 N–H and O–H groups in total. The van der Waals surface area contributed by atoms with Crippen LogP contribution in [0.3, 0.4) is 0 Å². The van der Waals surface area contributed by atoms with Crippen molar-refractivity contribution in [2.75, 3.05) is 19.7 Å². The van der Waals surface area contributed by atoms with Crippen molar-refractivity contribution in [1.29, 1.82) is 0 Å². The second-order valence-electron chi connectivity index (χ2n) is 6.78. The van der Waals surface area contributed by atoms with E-state index in [0.717, 1.165) is 11.1 Å². The summed E-state index contributed by atoms with van der Waals surface area (Å²) in [5.74, 6) is -0.677. The number of aryl methyl sites for hydroxylation is 1. The summed E-state index contributed by atoms with van der Waals surface area (Å²) in [4.78, 5) is 38.4. The Labute approximate surface area is 148 Å². The number of esters is 1. The molecule has 1 saturated heterocycles. The summed E-state index contributed by atoms with van der Waals surface area (Å²) < 4.78 is 5.16. The fourth-order valence-corrected chi connectivity index (χ4v) is 2.77. The van der Waals surface area contributed by atoms with Crippen molar-refractivity contribution in [2.45, 2.75) is 39.7 Å². The second-order valence-corrected chi connectivity index (χ2v) is 6.78. The summed E-state index contributed by atoms with van der Waals surface area (Å²) >= 11 is 0. The van der Waals surface area contributed by atoms with Crippen LogP contribution in [0.15, 0.2) is 24.3 Å². The number of hydrogen-bond acceptors (Lipinski definition) is 4. The van der Waals surface area contributed by atoms with E-state index in [1.807, 2.05) is 45.0 Å². The van der Waals surface area contributed by atoms with Gasteiger partial charge in [-0.15, -0.1) is 0 Å². The lowest BCUT2D eigenvalue weighted by atomic mass is 10.0. The summed E-state index contributed by atoms with van der Waals surface area (Å²) in [6, 6.07) is 6.87. The van der Waals surface area contributed by atoms with Crippen LogP contribution in [0, 0.1) is 12.8 Å². The van der Waals surface area contributed by atoms with Crippen molar-refractivity contribution < 1.29 is 19.1 Å². The van der Waals surface area contributed by atoms with Gasteiger partial charge in [-0.1, -0.05) is 38.1 Å². The first-order chi connectivity index (χ1) is 11.9. The maximum Gasteiger partial charge on any atom is 0.308 e. The molecular weight excluding hydrogens is 320 g/mol. The number of carbonyl (C=O) groups excluding carboxylic acids is 3. The highest BCUT2D eigenvalue weighted by atomic mass is 16.5. The molecule has 1 aliphatic heterocycles.